The molecule has 3 aromatic rings. The van der Waals surface area contributed by atoms with Gasteiger partial charge in [-0.2, -0.15) is 13.2 Å². The van der Waals surface area contributed by atoms with Crippen molar-refractivity contribution in [2.45, 2.75) is 37.9 Å². The lowest BCUT2D eigenvalue weighted by Gasteiger charge is -2.43. The maximum absolute atomic E-state index is 13.4. The lowest BCUT2D eigenvalue weighted by atomic mass is 9.78. The maximum Gasteiger partial charge on any atom is 0.416 e. The topological polar surface area (TPSA) is 36.1 Å². The number of fused-ring (bicyclic) bond motifs is 5. The molecule has 0 spiro atoms. The molecule has 1 N–H and O–H groups in total. The zero-order valence-electron chi connectivity index (χ0n) is 15.4. The molecule has 0 aliphatic carbocycles. The van der Waals surface area contributed by atoms with E-state index in [0.29, 0.717) is 31.4 Å². The minimum atomic E-state index is -4.42. The minimum Gasteiger partial charge on any atom is -0.356 e. The molecule has 2 aliphatic rings. The van der Waals surface area contributed by atoms with Gasteiger partial charge in [-0.15, -0.1) is 0 Å². The van der Waals surface area contributed by atoms with Crippen LogP contribution in [0.5, 0.6) is 0 Å². The molecular weight excluding hydrogens is 365 g/mol. The fourth-order valence-electron chi connectivity index (χ4n) is 5.00. The van der Waals surface area contributed by atoms with Crippen molar-refractivity contribution in [1.82, 2.24) is 9.88 Å². The van der Waals surface area contributed by atoms with Crippen LogP contribution in [0.1, 0.15) is 40.8 Å². The Morgan fingerprint density at radius 1 is 1.11 bits per heavy atom. The molecule has 28 heavy (non-hydrogen) atoms. The van der Waals surface area contributed by atoms with Crippen LogP contribution < -0.4 is 0 Å². The van der Waals surface area contributed by atoms with Crippen molar-refractivity contribution in [2.75, 3.05) is 6.54 Å². The number of aromatic nitrogens is 1. The number of rotatable bonds is 1. The van der Waals surface area contributed by atoms with Gasteiger partial charge in [-0.05, 0) is 48.6 Å². The molecule has 1 amide bonds. The SMILES string of the molecule is Cc1cccc2c3c([nH]c12)[C@]1(c2cccc(C(F)(F)F)c2)CCC(=O)N1CC3. The zero-order chi connectivity index (χ0) is 19.7. The third kappa shape index (κ3) is 2.20. The number of carbonyl (C=O) groups is 1. The van der Waals surface area contributed by atoms with E-state index in [9.17, 15) is 18.0 Å². The van der Waals surface area contributed by atoms with Crippen molar-refractivity contribution in [1.29, 1.82) is 0 Å². The Kier molecular flexibility index (Phi) is 3.49. The van der Waals surface area contributed by atoms with Crippen LogP contribution in [-0.4, -0.2) is 22.3 Å². The molecule has 0 bridgehead atoms. The highest BCUT2D eigenvalue weighted by Crippen LogP contribution is 2.50. The molecule has 0 saturated carbocycles. The number of hydrogen-bond donors (Lipinski definition) is 1. The van der Waals surface area contributed by atoms with E-state index in [1.54, 1.807) is 11.0 Å². The summed E-state index contributed by atoms with van der Waals surface area (Å²) >= 11 is 0. The molecular formula is C22H19F3N2O. The van der Waals surface area contributed by atoms with Crippen molar-refractivity contribution in [3.63, 3.8) is 0 Å². The molecule has 144 valence electrons. The number of alkyl halides is 3. The Morgan fingerprint density at radius 2 is 1.89 bits per heavy atom. The van der Waals surface area contributed by atoms with Gasteiger partial charge in [-0.25, -0.2) is 0 Å². The van der Waals surface area contributed by atoms with Gasteiger partial charge in [0.05, 0.1) is 11.3 Å². The highest BCUT2D eigenvalue weighted by molar-refractivity contribution is 5.90. The number of hydrogen-bond acceptors (Lipinski definition) is 1. The average Bonchev–Trinajstić information content (AvgIpc) is 3.21. The second kappa shape index (κ2) is 5.63. The molecule has 3 nitrogen and oxygen atoms in total. The number of halogens is 3. The highest BCUT2D eigenvalue weighted by atomic mass is 19.4. The van der Waals surface area contributed by atoms with Gasteiger partial charge < -0.3 is 9.88 Å². The van der Waals surface area contributed by atoms with Crippen LogP contribution >= 0.6 is 0 Å². The molecule has 1 fully saturated rings. The van der Waals surface area contributed by atoms with E-state index < -0.39 is 17.3 Å². The Bertz CT molecular complexity index is 1110. The number of carbonyl (C=O) groups excluding carboxylic acids is 1. The van der Waals surface area contributed by atoms with Gasteiger partial charge in [0, 0.05) is 23.9 Å². The van der Waals surface area contributed by atoms with Crippen LogP contribution in [0.3, 0.4) is 0 Å². The summed E-state index contributed by atoms with van der Waals surface area (Å²) in [7, 11) is 0. The first-order chi connectivity index (χ1) is 13.3. The largest absolute Gasteiger partial charge is 0.416 e. The van der Waals surface area contributed by atoms with Gasteiger partial charge in [-0.3, -0.25) is 4.79 Å². The summed E-state index contributed by atoms with van der Waals surface area (Å²) in [6.45, 7) is 2.53. The van der Waals surface area contributed by atoms with E-state index in [-0.39, 0.29) is 5.91 Å². The maximum atomic E-state index is 13.4. The van der Waals surface area contributed by atoms with Crippen LogP contribution in [0, 0.1) is 6.92 Å². The molecule has 1 saturated heterocycles. The van der Waals surface area contributed by atoms with Gasteiger partial charge in [0.2, 0.25) is 5.91 Å². The summed E-state index contributed by atoms with van der Waals surface area (Å²) in [4.78, 5) is 17.9. The first-order valence-corrected chi connectivity index (χ1v) is 9.41. The predicted molar refractivity (Wildman–Crippen MR) is 99.9 cm³/mol. The lowest BCUT2D eigenvalue weighted by Crippen LogP contribution is -2.49. The van der Waals surface area contributed by atoms with Gasteiger partial charge in [-0.1, -0.05) is 30.3 Å². The lowest BCUT2D eigenvalue weighted by molar-refractivity contribution is -0.137. The van der Waals surface area contributed by atoms with Gasteiger partial charge in [0.1, 0.15) is 5.54 Å². The Balaban J connectivity index is 1.81. The number of nitrogens with one attached hydrogen (secondary N) is 1. The van der Waals surface area contributed by atoms with Crippen molar-refractivity contribution >= 4 is 16.8 Å². The Labute approximate surface area is 160 Å². The molecule has 0 radical (unpaired) electrons. The molecule has 0 unspecified atom stereocenters. The molecule has 5 rings (SSSR count). The van der Waals surface area contributed by atoms with Gasteiger partial charge in [0.15, 0.2) is 0 Å². The molecule has 1 atom stereocenters. The number of benzene rings is 2. The smallest absolute Gasteiger partial charge is 0.356 e. The standard InChI is InChI=1S/C22H19F3N2O/c1-13-4-2-7-16-17-9-11-27-18(28)8-10-21(27,20(17)26-19(13)16)14-5-3-6-15(12-14)22(23,24)25/h2-7,12,26H,8-11H2,1H3/t21-/m1/s1. The number of amides is 1. The summed E-state index contributed by atoms with van der Waals surface area (Å²) in [5.74, 6) is -0.00144. The summed E-state index contributed by atoms with van der Waals surface area (Å²) in [5.41, 5.74) is 3.05. The van der Waals surface area contributed by atoms with Crippen LogP contribution in [0.15, 0.2) is 42.5 Å². The number of para-hydroxylation sites is 1. The second-order valence-corrected chi connectivity index (χ2v) is 7.71. The van der Waals surface area contributed by atoms with Crippen molar-refractivity contribution < 1.29 is 18.0 Å². The first kappa shape index (κ1) is 17.3. The Morgan fingerprint density at radius 3 is 2.68 bits per heavy atom. The quantitative estimate of drug-likeness (QED) is 0.635. The van der Waals surface area contributed by atoms with E-state index >= 15 is 0 Å². The Hall–Kier alpha value is -2.76. The molecule has 2 aliphatic heterocycles. The fraction of sp³-hybridized carbons (Fsp3) is 0.318. The van der Waals surface area contributed by atoms with E-state index in [0.717, 1.165) is 33.8 Å². The van der Waals surface area contributed by atoms with Crippen molar-refractivity contribution in [2.24, 2.45) is 0 Å². The molecule has 1 aromatic heterocycles. The minimum absolute atomic E-state index is 0.00144. The third-order valence-corrected chi connectivity index (χ3v) is 6.28. The molecule has 3 heterocycles. The van der Waals surface area contributed by atoms with E-state index in [2.05, 4.69) is 4.98 Å². The van der Waals surface area contributed by atoms with Crippen LogP contribution in [0.2, 0.25) is 0 Å². The molecule has 6 heteroatoms. The zero-order valence-corrected chi connectivity index (χ0v) is 15.4. The number of nitrogens with zero attached hydrogens (tertiary/aromatic N) is 1. The third-order valence-electron chi connectivity index (χ3n) is 6.28. The van der Waals surface area contributed by atoms with E-state index in [4.69, 9.17) is 0 Å². The van der Waals surface area contributed by atoms with E-state index in [1.807, 2.05) is 25.1 Å². The fourth-order valence-corrected chi connectivity index (χ4v) is 5.00. The van der Waals surface area contributed by atoms with Gasteiger partial charge in [0.25, 0.3) is 0 Å². The average molecular weight is 384 g/mol. The second-order valence-electron chi connectivity index (χ2n) is 7.71. The van der Waals surface area contributed by atoms with Crippen molar-refractivity contribution in [3.8, 4) is 0 Å². The summed E-state index contributed by atoms with van der Waals surface area (Å²) in [6, 6.07) is 11.5. The first-order valence-electron chi connectivity index (χ1n) is 9.41. The number of H-pyrrole nitrogens is 1. The van der Waals surface area contributed by atoms with Crippen LogP contribution in [0.25, 0.3) is 10.9 Å². The highest BCUT2D eigenvalue weighted by Gasteiger charge is 2.52. The van der Waals surface area contributed by atoms with Gasteiger partial charge >= 0.3 is 6.18 Å². The van der Waals surface area contributed by atoms with E-state index in [1.165, 1.54) is 12.1 Å². The van der Waals surface area contributed by atoms with Crippen LogP contribution in [0.4, 0.5) is 13.2 Å². The monoisotopic (exact) mass is 384 g/mol. The predicted octanol–water partition coefficient (Wildman–Crippen LogP) is 4.92. The van der Waals surface area contributed by atoms with Crippen LogP contribution in [-0.2, 0) is 22.9 Å². The summed E-state index contributed by atoms with van der Waals surface area (Å²) < 4.78 is 40.1. The normalized spacial score (nSPS) is 21.9. The summed E-state index contributed by atoms with van der Waals surface area (Å²) in [6.07, 6.45) is -2.91. The summed E-state index contributed by atoms with van der Waals surface area (Å²) in [5, 5.41) is 1.10. The number of aromatic amines is 1. The molecule has 2 aromatic carbocycles. The number of aryl methyl sites for hydroxylation is 1. The van der Waals surface area contributed by atoms with Crippen molar-refractivity contribution in [3.05, 3.63) is 70.4 Å².